The number of benzene rings is 1. The van der Waals surface area contributed by atoms with Crippen molar-refractivity contribution < 1.29 is 19.1 Å². The van der Waals surface area contributed by atoms with Crippen molar-refractivity contribution in [3.63, 3.8) is 0 Å². The van der Waals surface area contributed by atoms with Gasteiger partial charge >= 0.3 is 5.97 Å². The zero-order valence-corrected chi connectivity index (χ0v) is 11.7. The second-order valence-corrected chi connectivity index (χ2v) is 5.72. The Morgan fingerprint density at radius 2 is 2.00 bits per heavy atom. The molecule has 4 N–H and O–H groups in total. The van der Waals surface area contributed by atoms with Crippen LogP contribution < -0.4 is 11.1 Å². The molecule has 0 radical (unpaired) electrons. The maximum absolute atomic E-state index is 13.6. The molecular formula is C14H19FN2O3. The van der Waals surface area contributed by atoms with Crippen LogP contribution in [0.1, 0.15) is 37.6 Å². The Bertz CT molecular complexity index is 524. The maximum Gasteiger partial charge on any atom is 0.335 e. The van der Waals surface area contributed by atoms with Crippen molar-refractivity contribution in [2.75, 3.05) is 5.32 Å². The van der Waals surface area contributed by atoms with E-state index in [1.807, 2.05) is 20.8 Å². The summed E-state index contributed by atoms with van der Waals surface area (Å²) in [6.07, 6.45) is 0.0591. The third-order valence-electron chi connectivity index (χ3n) is 3.01. The van der Waals surface area contributed by atoms with Crippen molar-refractivity contribution in [2.24, 2.45) is 11.1 Å². The Balaban J connectivity index is 2.74. The van der Waals surface area contributed by atoms with Gasteiger partial charge in [0, 0.05) is 12.5 Å². The molecule has 5 nitrogen and oxygen atoms in total. The van der Waals surface area contributed by atoms with E-state index in [9.17, 15) is 14.0 Å². The number of nitrogens with one attached hydrogen (secondary N) is 1. The first-order valence-electron chi connectivity index (χ1n) is 6.19. The first-order valence-corrected chi connectivity index (χ1v) is 6.19. The molecule has 0 saturated heterocycles. The number of carboxylic acids is 1. The number of amides is 1. The van der Waals surface area contributed by atoms with Crippen molar-refractivity contribution in [3.05, 3.63) is 29.6 Å². The van der Waals surface area contributed by atoms with Gasteiger partial charge in [-0.15, -0.1) is 0 Å². The molecule has 0 saturated carbocycles. The first-order chi connectivity index (χ1) is 9.11. The fraction of sp³-hybridized carbons (Fsp3) is 0.429. The minimum atomic E-state index is -1.23. The van der Waals surface area contributed by atoms with Crippen LogP contribution in [0.15, 0.2) is 18.2 Å². The molecule has 1 atom stereocenters. The van der Waals surface area contributed by atoms with Gasteiger partial charge < -0.3 is 16.2 Å². The van der Waals surface area contributed by atoms with Crippen LogP contribution in [0, 0.1) is 11.2 Å². The predicted molar refractivity (Wildman–Crippen MR) is 74.0 cm³/mol. The van der Waals surface area contributed by atoms with Gasteiger partial charge in [0.1, 0.15) is 5.82 Å². The smallest absolute Gasteiger partial charge is 0.335 e. The van der Waals surface area contributed by atoms with E-state index in [1.165, 1.54) is 12.1 Å². The van der Waals surface area contributed by atoms with E-state index in [2.05, 4.69) is 5.32 Å². The fourth-order valence-electron chi connectivity index (χ4n) is 1.46. The minimum absolute atomic E-state index is 0.0545. The molecular weight excluding hydrogens is 263 g/mol. The normalized spacial score (nSPS) is 12.8. The highest BCUT2D eigenvalue weighted by atomic mass is 19.1. The van der Waals surface area contributed by atoms with Crippen molar-refractivity contribution in [1.82, 2.24) is 0 Å². The summed E-state index contributed by atoms with van der Waals surface area (Å²) in [5.41, 5.74) is 5.41. The van der Waals surface area contributed by atoms with Crippen LogP contribution in [-0.4, -0.2) is 23.0 Å². The van der Waals surface area contributed by atoms with Gasteiger partial charge in [0.15, 0.2) is 0 Å². The molecule has 0 spiro atoms. The summed E-state index contributed by atoms with van der Waals surface area (Å²) in [5.74, 6) is -2.42. The second-order valence-electron chi connectivity index (χ2n) is 5.72. The molecule has 1 rings (SSSR count). The van der Waals surface area contributed by atoms with Gasteiger partial charge in [-0.1, -0.05) is 20.8 Å². The fourth-order valence-corrected chi connectivity index (χ4v) is 1.46. The number of carboxylic acid groups (broad SMARTS) is 1. The van der Waals surface area contributed by atoms with Gasteiger partial charge in [-0.05, 0) is 23.6 Å². The molecule has 0 fully saturated rings. The van der Waals surface area contributed by atoms with Crippen LogP contribution in [0.25, 0.3) is 0 Å². The quantitative estimate of drug-likeness (QED) is 0.789. The van der Waals surface area contributed by atoms with Crippen molar-refractivity contribution in [1.29, 1.82) is 0 Å². The molecule has 1 unspecified atom stereocenters. The molecule has 1 aromatic rings. The van der Waals surface area contributed by atoms with Crippen LogP contribution >= 0.6 is 0 Å². The Kier molecular flexibility index (Phi) is 4.83. The highest BCUT2D eigenvalue weighted by Crippen LogP contribution is 2.21. The zero-order valence-electron chi connectivity index (χ0n) is 11.7. The third-order valence-corrected chi connectivity index (χ3v) is 3.01. The van der Waals surface area contributed by atoms with E-state index in [1.54, 1.807) is 0 Å². The average Bonchev–Trinajstić information content (AvgIpc) is 2.30. The lowest BCUT2D eigenvalue weighted by Crippen LogP contribution is -2.38. The van der Waals surface area contributed by atoms with E-state index in [4.69, 9.17) is 10.8 Å². The Hall–Kier alpha value is -1.95. The lowest BCUT2D eigenvalue weighted by molar-refractivity contribution is -0.117. The number of rotatable bonds is 4. The SMILES string of the molecule is CC(C)(C)C(N)CC(=O)Nc1ccc(C(=O)O)cc1F. The maximum atomic E-state index is 13.6. The number of hydrogen-bond donors (Lipinski definition) is 3. The lowest BCUT2D eigenvalue weighted by Gasteiger charge is -2.26. The molecule has 110 valence electrons. The standard InChI is InChI=1S/C14H19FN2O3/c1-14(2,3)11(16)7-12(18)17-10-5-4-8(13(19)20)6-9(10)15/h4-6,11H,7,16H2,1-3H3,(H,17,18)(H,19,20). The van der Waals surface area contributed by atoms with Crippen LogP contribution in [0.2, 0.25) is 0 Å². The van der Waals surface area contributed by atoms with Gasteiger partial charge in [0.05, 0.1) is 11.3 Å². The van der Waals surface area contributed by atoms with Crippen molar-refractivity contribution in [2.45, 2.75) is 33.2 Å². The van der Waals surface area contributed by atoms with Gasteiger partial charge in [0.25, 0.3) is 0 Å². The van der Waals surface area contributed by atoms with Crippen LogP contribution in [0.5, 0.6) is 0 Å². The van der Waals surface area contributed by atoms with E-state index in [-0.39, 0.29) is 29.1 Å². The first kappa shape index (κ1) is 16.1. The van der Waals surface area contributed by atoms with Crippen molar-refractivity contribution >= 4 is 17.6 Å². The van der Waals surface area contributed by atoms with Gasteiger partial charge in [0.2, 0.25) is 5.91 Å². The summed E-state index contributed by atoms with van der Waals surface area (Å²) in [5, 5.41) is 11.1. The van der Waals surface area contributed by atoms with Crippen molar-refractivity contribution in [3.8, 4) is 0 Å². The van der Waals surface area contributed by atoms with Crippen LogP contribution in [0.3, 0.4) is 0 Å². The summed E-state index contributed by atoms with van der Waals surface area (Å²) in [7, 11) is 0. The third kappa shape index (κ3) is 4.31. The number of carbonyl (C=O) groups excluding carboxylic acids is 1. The van der Waals surface area contributed by atoms with E-state index in [0.717, 1.165) is 6.07 Å². The molecule has 0 aliphatic carbocycles. The van der Waals surface area contributed by atoms with Gasteiger partial charge in [-0.3, -0.25) is 4.79 Å². The summed E-state index contributed by atoms with van der Waals surface area (Å²) < 4.78 is 13.6. The van der Waals surface area contributed by atoms with E-state index in [0.29, 0.717) is 0 Å². The number of anilines is 1. The van der Waals surface area contributed by atoms with E-state index < -0.39 is 17.7 Å². The lowest BCUT2D eigenvalue weighted by atomic mass is 9.85. The molecule has 20 heavy (non-hydrogen) atoms. The van der Waals surface area contributed by atoms with Gasteiger partial charge in [-0.25, -0.2) is 9.18 Å². The molecule has 0 bridgehead atoms. The summed E-state index contributed by atoms with van der Waals surface area (Å²) in [4.78, 5) is 22.4. The largest absolute Gasteiger partial charge is 0.478 e. The molecule has 6 heteroatoms. The molecule has 1 amide bonds. The molecule has 1 aromatic carbocycles. The highest BCUT2D eigenvalue weighted by Gasteiger charge is 2.23. The predicted octanol–water partition coefficient (Wildman–Crippen LogP) is 2.23. The number of nitrogens with two attached hydrogens (primary N) is 1. The Morgan fingerprint density at radius 1 is 1.40 bits per heavy atom. The number of carbonyl (C=O) groups is 2. The summed E-state index contributed by atoms with van der Waals surface area (Å²) in [6, 6.07) is 2.95. The minimum Gasteiger partial charge on any atom is -0.478 e. The van der Waals surface area contributed by atoms with Crippen LogP contribution in [0.4, 0.5) is 10.1 Å². The Morgan fingerprint density at radius 3 is 2.45 bits per heavy atom. The van der Waals surface area contributed by atoms with E-state index >= 15 is 0 Å². The van der Waals surface area contributed by atoms with Gasteiger partial charge in [-0.2, -0.15) is 0 Å². The average molecular weight is 282 g/mol. The number of halogens is 1. The summed E-state index contributed by atoms with van der Waals surface area (Å²) >= 11 is 0. The topological polar surface area (TPSA) is 92.4 Å². The summed E-state index contributed by atoms with van der Waals surface area (Å²) in [6.45, 7) is 5.73. The second kappa shape index (κ2) is 6.00. The molecule has 0 aliphatic rings. The molecule has 0 aromatic heterocycles. The Labute approximate surface area is 117 Å². The van der Waals surface area contributed by atoms with Crippen LogP contribution in [-0.2, 0) is 4.79 Å². The monoisotopic (exact) mass is 282 g/mol. The molecule has 0 aliphatic heterocycles. The number of hydrogen-bond acceptors (Lipinski definition) is 3. The number of aromatic carboxylic acids is 1. The highest BCUT2D eigenvalue weighted by molar-refractivity contribution is 5.93. The molecule has 0 heterocycles. The zero-order chi connectivity index (χ0) is 15.5.